The van der Waals surface area contributed by atoms with E-state index >= 15 is 0 Å². The number of carbonyl (C=O) groups is 3. The van der Waals surface area contributed by atoms with Crippen LogP contribution in [0.5, 0.6) is 0 Å². The first-order chi connectivity index (χ1) is 19.9. The first-order valence-electron chi connectivity index (χ1n) is 13.7. The highest BCUT2D eigenvalue weighted by Crippen LogP contribution is 2.47. The Morgan fingerprint density at radius 1 is 0.902 bits per heavy atom. The smallest absolute Gasteiger partial charge is 0.338 e. The van der Waals surface area contributed by atoms with Crippen molar-refractivity contribution in [3.63, 3.8) is 0 Å². The van der Waals surface area contributed by atoms with Gasteiger partial charge in [-0.25, -0.2) is 14.0 Å². The number of carboxylic acid groups (broad SMARTS) is 1. The Morgan fingerprint density at radius 3 is 2.34 bits per heavy atom. The summed E-state index contributed by atoms with van der Waals surface area (Å²) < 4.78 is 18.9. The highest BCUT2D eigenvalue weighted by molar-refractivity contribution is 6.11. The van der Waals surface area contributed by atoms with Gasteiger partial charge in [-0.1, -0.05) is 60.7 Å². The van der Waals surface area contributed by atoms with E-state index in [1.165, 1.54) is 12.1 Å². The average Bonchev–Trinajstić information content (AvgIpc) is 3.58. The molecule has 1 N–H and O–H groups in total. The predicted octanol–water partition coefficient (Wildman–Crippen LogP) is 6.62. The normalized spacial score (nSPS) is 15.5. The fraction of sp³-hybridized carbons (Fsp3) is 0.206. The molecule has 6 nitrogen and oxygen atoms in total. The van der Waals surface area contributed by atoms with E-state index in [9.17, 15) is 23.9 Å². The zero-order valence-corrected chi connectivity index (χ0v) is 22.3. The van der Waals surface area contributed by atoms with Crippen LogP contribution < -0.4 is 0 Å². The standard InChI is InChI=1S/C34H28FNO5/c35-26-16-9-21(10-17-26)8-11-25-19-27-28-7-4-18-36(28)32(37)31(27)29(30(25)33(38)39)23-12-14-24(15-13-23)34(40)41-20-22-5-2-1-3-6-22/h1-3,5-6,9-10,12-17,19,28H,4,7-8,11,18,20H2,(H,38,39)/t28-/m0/s1. The number of benzene rings is 4. The first-order valence-corrected chi connectivity index (χ1v) is 13.7. The number of ether oxygens (including phenoxy) is 1. The van der Waals surface area contributed by atoms with Gasteiger partial charge in [-0.2, -0.15) is 0 Å². The number of rotatable bonds is 8. The lowest BCUT2D eigenvalue weighted by molar-refractivity contribution is 0.0472. The molecule has 41 heavy (non-hydrogen) atoms. The van der Waals surface area contributed by atoms with E-state index in [0.717, 1.165) is 29.5 Å². The molecule has 0 bridgehead atoms. The molecule has 0 aromatic heterocycles. The van der Waals surface area contributed by atoms with Crippen LogP contribution in [-0.4, -0.2) is 34.4 Å². The number of halogens is 1. The van der Waals surface area contributed by atoms with Crippen LogP contribution in [0.4, 0.5) is 4.39 Å². The van der Waals surface area contributed by atoms with Crippen LogP contribution in [0.3, 0.4) is 0 Å². The van der Waals surface area contributed by atoms with Crippen molar-refractivity contribution >= 4 is 17.8 Å². The van der Waals surface area contributed by atoms with Crippen LogP contribution in [0.15, 0.2) is 84.9 Å². The predicted molar refractivity (Wildman–Crippen MR) is 151 cm³/mol. The van der Waals surface area contributed by atoms with Gasteiger partial charge >= 0.3 is 11.9 Å². The van der Waals surface area contributed by atoms with Gasteiger partial charge in [0.05, 0.1) is 22.7 Å². The summed E-state index contributed by atoms with van der Waals surface area (Å²) in [5, 5.41) is 10.4. The number of nitrogens with zero attached hydrogens (tertiary/aromatic N) is 1. The minimum atomic E-state index is -1.12. The summed E-state index contributed by atoms with van der Waals surface area (Å²) >= 11 is 0. The van der Waals surface area contributed by atoms with Crippen molar-refractivity contribution in [1.82, 2.24) is 4.90 Å². The van der Waals surface area contributed by atoms with Gasteiger partial charge in [0, 0.05) is 12.1 Å². The second-order valence-electron chi connectivity index (χ2n) is 10.5. The lowest BCUT2D eigenvalue weighted by Crippen LogP contribution is -2.23. The highest BCUT2D eigenvalue weighted by Gasteiger charge is 2.43. The van der Waals surface area contributed by atoms with Crippen LogP contribution in [-0.2, 0) is 24.2 Å². The Labute approximate surface area is 237 Å². The molecule has 7 heteroatoms. The number of hydrogen-bond acceptors (Lipinski definition) is 4. The van der Waals surface area contributed by atoms with Crippen LogP contribution >= 0.6 is 0 Å². The summed E-state index contributed by atoms with van der Waals surface area (Å²) in [6.45, 7) is 0.775. The van der Waals surface area contributed by atoms with Crippen LogP contribution in [0.2, 0.25) is 0 Å². The molecule has 1 amide bonds. The molecule has 1 fully saturated rings. The number of amides is 1. The van der Waals surface area contributed by atoms with Crippen molar-refractivity contribution in [3.8, 4) is 11.1 Å². The molecular formula is C34H28FNO5. The van der Waals surface area contributed by atoms with E-state index in [2.05, 4.69) is 0 Å². The Bertz CT molecular complexity index is 1630. The number of hydrogen-bond donors (Lipinski definition) is 1. The fourth-order valence-electron chi connectivity index (χ4n) is 5.97. The van der Waals surface area contributed by atoms with Crippen molar-refractivity contribution < 1.29 is 28.6 Å². The summed E-state index contributed by atoms with van der Waals surface area (Å²) in [6.07, 6.45) is 2.66. The monoisotopic (exact) mass is 549 g/mol. The number of carbonyl (C=O) groups excluding carboxylic acids is 2. The molecule has 4 aromatic rings. The van der Waals surface area contributed by atoms with Gasteiger partial charge in [0.2, 0.25) is 0 Å². The lowest BCUT2D eigenvalue weighted by atomic mass is 9.84. The van der Waals surface area contributed by atoms with Crippen molar-refractivity contribution in [3.05, 3.63) is 130 Å². The van der Waals surface area contributed by atoms with Crippen molar-refractivity contribution in [2.24, 2.45) is 0 Å². The van der Waals surface area contributed by atoms with Crippen LogP contribution in [0, 0.1) is 5.82 Å². The summed E-state index contributed by atoms with van der Waals surface area (Å²) in [6, 6.07) is 23.9. The number of esters is 1. The number of aryl methyl sites for hydroxylation is 2. The summed E-state index contributed by atoms with van der Waals surface area (Å²) in [4.78, 5) is 40.9. The molecule has 2 aliphatic heterocycles. The Kier molecular flexibility index (Phi) is 7.10. The van der Waals surface area contributed by atoms with Crippen LogP contribution in [0.1, 0.15) is 72.2 Å². The maximum Gasteiger partial charge on any atom is 0.338 e. The Hall–Kier alpha value is -4.78. The van der Waals surface area contributed by atoms with E-state index < -0.39 is 11.9 Å². The van der Waals surface area contributed by atoms with Crippen molar-refractivity contribution in [2.75, 3.05) is 6.54 Å². The molecule has 2 heterocycles. The van der Waals surface area contributed by atoms with Gasteiger partial charge in [0.1, 0.15) is 12.4 Å². The molecule has 0 saturated carbocycles. The van der Waals surface area contributed by atoms with Crippen molar-refractivity contribution in [1.29, 1.82) is 0 Å². The topological polar surface area (TPSA) is 83.9 Å². The summed E-state index contributed by atoms with van der Waals surface area (Å²) in [5.74, 6) is -2.10. The molecule has 0 radical (unpaired) electrons. The number of aromatic carboxylic acids is 1. The van der Waals surface area contributed by atoms with E-state index in [-0.39, 0.29) is 29.9 Å². The van der Waals surface area contributed by atoms with Crippen LogP contribution in [0.25, 0.3) is 11.1 Å². The van der Waals surface area contributed by atoms with Crippen molar-refractivity contribution in [2.45, 2.75) is 38.3 Å². The van der Waals surface area contributed by atoms with Gasteiger partial charge in [0.25, 0.3) is 5.91 Å². The molecule has 4 aromatic carbocycles. The second kappa shape index (κ2) is 11.0. The fourth-order valence-corrected chi connectivity index (χ4v) is 5.97. The van der Waals surface area contributed by atoms with Gasteiger partial charge in [-0.15, -0.1) is 0 Å². The molecule has 2 aliphatic rings. The highest BCUT2D eigenvalue weighted by atomic mass is 19.1. The largest absolute Gasteiger partial charge is 0.478 e. The summed E-state index contributed by atoms with van der Waals surface area (Å²) in [5.41, 5.74) is 5.02. The zero-order chi connectivity index (χ0) is 28.5. The third-order valence-corrected chi connectivity index (χ3v) is 7.96. The molecule has 1 atom stereocenters. The molecule has 0 spiro atoms. The molecule has 206 valence electrons. The van der Waals surface area contributed by atoms with E-state index in [1.54, 1.807) is 36.4 Å². The molecule has 0 unspecified atom stereocenters. The SMILES string of the molecule is O=C(OCc1ccccc1)c1ccc(-c2c(C(=O)O)c(CCc3ccc(F)cc3)cc3c2C(=O)N2CCC[C@@H]32)cc1. The first kappa shape index (κ1) is 26.4. The zero-order valence-electron chi connectivity index (χ0n) is 22.3. The molecule has 1 saturated heterocycles. The number of fused-ring (bicyclic) bond motifs is 3. The van der Waals surface area contributed by atoms with E-state index in [4.69, 9.17) is 4.74 Å². The minimum absolute atomic E-state index is 0.0732. The molecule has 0 aliphatic carbocycles. The van der Waals surface area contributed by atoms with Gasteiger partial charge < -0.3 is 14.7 Å². The second-order valence-corrected chi connectivity index (χ2v) is 10.5. The van der Waals surface area contributed by atoms with Gasteiger partial charge in [-0.05, 0) is 77.8 Å². The average molecular weight is 550 g/mol. The van der Waals surface area contributed by atoms with E-state index in [1.807, 2.05) is 41.3 Å². The molecular weight excluding hydrogens is 521 g/mol. The number of carboxylic acids is 1. The van der Waals surface area contributed by atoms with Gasteiger partial charge in [0.15, 0.2) is 0 Å². The quantitative estimate of drug-likeness (QED) is 0.250. The third-order valence-electron chi connectivity index (χ3n) is 7.96. The molecule has 6 rings (SSSR count). The minimum Gasteiger partial charge on any atom is -0.478 e. The summed E-state index contributed by atoms with van der Waals surface area (Å²) in [7, 11) is 0. The van der Waals surface area contributed by atoms with E-state index in [0.29, 0.717) is 47.2 Å². The Balaban J connectivity index is 1.37. The Morgan fingerprint density at radius 2 is 1.63 bits per heavy atom. The third kappa shape index (κ3) is 5.11. The maximum absolute atomic E-state index is 13.6. The lowest BCUT2D eigenvalue weighted by Gasteiger charge is -2.18. The van der Waals surface area contributed by atoms with Gasteiger partial charge in [-0.3, -0.25) is 4.79 Å². The maximum atomic E-state index is 13.6.